The van der Waals surface area contributed by atoms with Gasteiger partial charge in [0.15, 0.2) is 0 Å². The molecule has 0 bridgehead atoms. The molecule has 1 unspecified atom stereocenters. The Labute approximate surface area is 222 Å². The molecule has 0 saturated carbocycles. The van der Waals surface area contributed by atoms with Crippen LogP contribution in [-0.2, 0) is 14.3 Å². The van der Waals surface area contributed by atoms with Crippen molar-refractivity contribution in [1.82, 2.24) is 0 Å². The number of allylic oxidation sites excluding steroid dienone is 8. The maximum atomic E-state index is 12.0. The number of carbonyl (C=O) groups excluding carboxylic acids is 1. The van der Waals surface area contributed by atoms with Crippen LogP contribution in [0.15, 0.2) is 48.6 Å². The molecule has 4 heteroatoms. The predicted molar refractivity (Wildman–Crippen MR) is 154 cm³/mol. The van der Waals surface area contributed by atoms with Crippen molar-refractivity contribution in [3.8, 4) is 0 Å². The maximum Gasteiger partial charge on any atom is 0.306 e. The second kappa shape index (κ2) is 29.6. The first-order valence-corrected chi connectivity index (χ1v) is 14.7. The standard InChI is InChI=1S/C32H56O4/c1-3-5-7-9-11-13-15-16-17-19-21-23-25-27-32(34)36-31(29-33)30-35-28-26-24-22-20-18-14-12-10-8-6-4-2/h5,7-8,10-11,13,16-17,31,33H,3-4,6,9,12,14-15,18-30H2,1-2H3/b7-5-,10-8-,13-11-,17-16-. The van der Waals surface area contributed by atoms with E-state index in [9.17, 15) is 9.90 Å². The minimum atomic E-state index is -0.549. The minimum Gasteiger partial charge on any atom is -0.457 e. The molecule has 1 atom stereocenters. The van der Waals surface area contributed by atoms with Gasteiger partial charge in [-0.15, -0.1) is 0 Å². The highest BCUT2D eigenvalue weighted by Gasteiger charge is 2.13. The molecule has 0 aromatic rings. The van der Waals surface area contributed by atoms with E-state index in [0.29, 0.717) is 13.0 Å². The third-order valence-electron chi connectivity index (χ3n) is 5.87. The van der Waals surface area contributed by atoms with Crippen LogP contribution in [0.3, 0.4) is 0 Å². The van der Waals surface area contributed by atoms with Crippen molar-refractivity contribution in [3.63, 3.8) is 0 Å². The van der Waals surface area contributed by atoms with E-state index in [0.717, 1.165) is 57.8 Å². The molecule has 0 aliphatic carbocycles. The quantitative estimate of drug-likeness (QED) is 0.0726. The van der Waals surface area contributed by atoms with Gasteiger partial charge in [-0.1, -0.05) is 101 Å². The van der Waals surface area contributed by atoms with E-state index in [4.69, 9.17) is 9.47 Å². The van der Waals surface area contributed by atoms with Gasteiger partial charge in [0.1, 0.15) is 6.10 Å². The molecule has 0 spiro atoms. The topological polar surface area (TPSA) is 55.8 Å². The first-order valence-electron chi connectivity index (χ1n) is 14.7. The van der Waals surface area contributed by atoms with Crippen molar-refractivity contribution in [1.29, 1.82) is 0 Å². The third kappa shape index (κ3) is 26.9. The fraction of sp³-hybridized carbons (Fsp3) is 0.719. The van der Waals surface area contributed by atoms with Gasteiger partial charge in [-0.3, -0.25) is 4.79 Å². The van der Waals surface area contributed by atoms with Crippen molar-refractivity contribution in [2.24, 2.45) is 0 Å². The summed E-state index contributed by atoms with van der Waals surface area (Å²) >= 11 is 0. The number of aliphatic hydroxyl groups is 1. The Bertz CT molecular complexity index is 577. The Hall–Kier alpha value is -1.65. The van der Waals surface area contributed by atoms with Crippen molar-refractivity contribution >= 4 is 5.97 Å². The molecule has 0 fully saturated rings. The maximum absolute atomic E-state index is 12.0. The van der Waals surface area contributed by atoms with Crippen molar-refractivity contribution < 1.29 is 19.4 Å². The summed E-state index contributed by atoms with van der Waals surface area (Å²) in [5, 5.41) is 9.47. The summed E-state index contributed by atoms with van der Waals surface area (Å²) in [7, 11) is 0. The Balaban J connectivity index is 3.56. The van der Waals surface area contributed by atoms with Gasteiger partial charge < -0.3 is 14.6 Å². The molecule has 208 valence electrons. The lowest BCUT2D eigenvalue weighted by Crippen LogP contribution is -2.27. The van der Waals surface area contributed by atoms with E-state index < -0.39 is 6.10 Å². The van der Waals surface area contributed by atoms with Crippen molar-refractivity contribution in [2.75, 3.05) is 19.8 Å². The van der Waals surface area contributed by atoms with E-state index in [2.05, 4.69) is 62.5 Å². The summed E-state index contributed by atoms with van der Waals surface area (Å²) in [6.07, 6.45) is 35.6. The van der Waals surface area contributed by atoms with Crippen molar-refractivity contribution in [3.05, 3.63) is 48.6 Å². The predicted octanol–water partition coefficient (Wildman–Crippen LogP) is 8.80. The number of carbonyl (C=O) groups is 1. The number of esters is 1. The molecule has 0 aliphatic heterocycles. The molecule has 0 aromatic heterocycles. The van der Waals surface area contributed by atoms with E-state index >= 15 is 0 Å². The first kappa shape index (κ1) is 34.4. The highest BCUT2D eigenvalue weighted by Crippen LogP contribution is 2.09. The van der Waals surface area contributed by atoms with E-state index in [-0.39, 0.29) is 19.2 Å². The summed E-state index contributed by atoms with van der Waals surface area (Å²) in [4.78, 5) is 12.0. The van der Waals surface area contributed by atoms with Crippen LogP contribution < -0.4 is 0 Å². The van der Waals surface area contributed by atoms with Gasteiger partial charge in [0.25, 0.3) is 0 Å². The minimum absolute atomic E-state index is 0.188. The average Bonchev–Trinajstić information content (AvgIpc) is 2.88. The Morgan fingerprint density at radius 2 is 1.25 bits per heavy atom. The number of unbranched alkanes of at least 4 members (excludes halogenated alkanes) is 10. The van der Waals surface area contributed by atoms with E-state index in [1.165, 1.54) is 44.9 Å². The van der Waals surface area contributed by atoms with Gasteiger partial charge in [0.05, 0.1) is 13.2 Å². The van der Waals surface area contributed by atoms with Gasteiger partial charge in [-0.2, -0.15) is 0 Å². The third-order valence-corrected chi connectivity index (χ3v) is 5.87. The summed E-state index contributed by atoms with van der Waals surface area (Å²) in [6, 6.07) is 0. The van der Waals surface area contributed by atoms with Crippen LogP contribution in [0.5, 0.6) is 0 Å². The zero-order valence-corrected chi connectivity index (χ0v) is 23.5. The van der Waals surface area contributed by atoms with Crippen LogP contribution in [0.25, 0.3) is 0 Å². The Kier molecular flexibility index (Phi) is 28.2. The SMILES string of the molecule is CC/C=C\C/C=C\C/C=C\CCCCCC(=O)OC(CO)COCCCCCCCC/C=C\CCC. The smallest absolute Gasteiger partial charge is 0.306 e. The summed E-state index contributed by atoms with van der Waals surface area (Å²) in [5.74, 6) is -0.236. The normalized spacial score (nSPS) is 13.1. The molecule has 0 saturated heterocycles. The molecular weight excluding hydrogens is 448 g/mol. The van der Waals surface area contributed by atoms with Gasteiger partial charge in [-0.25, -0.2) is 0 Å². The average molecular weight is 505 g/mol. The number of hydrogen-bond donors (Lipinski definition) is 1. The van der Waals surface area contributed by atoms with Crippen LogP contribution in [0.2, 0.25) is 0 Å². The molecule has 0 aromatic carbocycles. The van der Waals surface area contributed by atoms with Crippen LogP contribution in [0.1, 0.15) is 123 Å². The van der Waals surface area contributed by atoms with Crippen LogP contribution in [0.4, 0.5) is 0 Å². The molecule has 0 rings (SSSR count). The molecule has 36 heavy (non-hydrogen) atoms. The van der Waals surface area contributed by atoms with Gasteiger partial charge in [0, 0.05) is 13.0 Å². The van der Waals surface area contributed by atoms with Crippen LogP contribution in [0, 0.1) is 0 Å². The lowest BCUT2D eigenvalue weighted by molar-refractivity contribution is -0.154. The van der Waals surface area contributed by atoms with Crippen LogP contribution in [-0.4, -0.2) is 37.0 Å². The molecule has 0 aliphatic rings. The van der Waals surface area contributed by atoms with Crippen LogP contribution >= 0.6 is 0 Å². The molecular formula is C32H56O4. The molecule has 1 N–H and O–H groups in total. The first-order chi connectivity index (χ1) is 17.7. The summed E-state index contributed by atoms with van der Waals surface area (Å²) < 4.78 is 11.0. The summed E-state index contributed by atoms with van der Waals surface area (Å²) in [6.45, 7) is 5.11. The van der Waals surface area contributed by atoms with Gasteiger partial charge in [0.2, 0.25) is 0 Å². The number of hydrogen-bond acceptors (Lipinski definition) is 4. The van der Waals surface area contributed by atoms with Gasteiger partial charge in [-0.05, 0) is 64.2 Å². The molecule has 4 nitrogen and oxygen atoms in total. The lowest BCUT2D eigenvalue weighted by atomic mass is 10.1. The zero-order valence-electron chi connectivity index (χ0n) is 23.5. The van der Waals surface area contributed by atoms with Gasteiger partial charge >= 0.3 is 5.97 Å². The largest absolute Gasteiger partial charge is 0.457 e. The monoisotopic (exact) mass is 504 g/mol. The highest BCUT2D eigenvalue weighted by atomic mass is 16.6. The molecule has 0 amide bonds. The van der Waals surface area contributed by atoms with E-state index in [1.54, 1.807) is 0 Å². The second-order valence-electron chi connectivity index (χ2n) is 9.43. The molecule has 0 heterocycles. The number of aliphatic hydroxyl groups excluding tert-OH is 1. The zero-order chi connectivity index (χ0) is 26.4. The Morgan fingerprint density at radius 1 is 0.694 bits per heavy atom. The Morgan fingerprint density at radius 3 is 1.92 bits per heavy atom. The fourth-order valence-corrected chi connectivity index (χ4v) is 3.69. The lowest BCUT2D eigenvalue weighted by Gasteiger charge is -2.15. The summed E-state index contributed by atoms with van der Waals surface area (Å²) in [5.41, 5.74) is 0. The number of ether oxygens (including phenoxy) is 2. The molecule has 0 radical (unpaired) electrons. The fourth-order valence-electron chi connectivity index (χ4n) is 3.69. The number of rotatable bonds is 26. The highest BCUT2D eigenvalue weighted by molar-refractivity contribution is 5.69. The van der Waals surface area contributed by atoms with Crippen molar-refractivity contribution in [2.45, 2.75) is 129 Å². The van der Waals surface area contributed by atoms with E-state index in [1.807, 2.05) is 0 Å². The second-order valence-corrected chi connectivity index (χ2v) is 9.43.